The fraction of sp³-hybridized carbons (Fsp3) is 0.833. The van der Waals surface area contributed by atoms with Crippen LogP contribution in [0, 0.1) is 0 Å². The molecule has 19 heavy (non-hydrogen) atoms. The summed E-state index contributed by atoms with van der Waals surface area (Å²) < 4.78 is 1.87. The zero-order valence-corrected chi connectivity index (χ0v) is 12.4. The Morgan fingerprint density at radius 1 is 1.16 bits per heavy atom. The fourth-order valence-corrected chi connectivity index (χ4v) is 2.22. The summed E-state index contributed by atoms with van der Waals surface area (Å²) in [4.78, 5) is 14.7. The third-order valence-electron chi connectivity index (χ3n) is 3.79. The van der Waals surface area contributed by atoms with Crippen molar-refractivity contribution in [3.8, 4) is 0 Å². The van der Waals surface area contributed by atoms with E-state index < -0.39 is 0 Å². The first kappa shape index (κ1) is 15.7. The second-order valence-electron chi connectivity index (χ2n) is 6.34. The van der Waals surface area contributed by atoms with Gasteiger partial charge in [0.2, 0.25) is 0 Å². The number of likely N-dealkylation sites (N-methyl/N-ethyl adjacent to an activating group) is 2. The highest BCUT2D eigenvalue weighted by molar-refractivity contribution is 5.77. The summed E-state index contributed by atoms with van der Waals surface area (Å²) in [6, 6.07) is 0. The minimum Gasteiger partial charge on any atom is -0.348 e. The largest absolute Gasteiger partial charge is 0.348 e. The molecule has 0 aromatic rings. The number of guanidine groups is 1. The average molecular weight is 273 g/mol. The molecule has 1 amide bonds. The van der Waals surface area contributed by atoms with E-state index in [9.17, 15) is 4.79 Å². The van der Waals surface area contributed by atoms with Crippen LogP contribution in [0.25, 0.3) is 0 Å². The SMILES string of the molecule is C[N+]1(C)CC[N+](C)(CC(=O)NCC[NH+]=C(N)N)CC1. The summed E-state index contributed by atoms with van der Waals surface area (Å²) in [5.41, 5.74) is 10.5. The predicted octanol–water partition coefficient (Wildman–Crippen LogP) is -4.01. The van der Waals surface area contributed by atoms with Gasteiger partial charge in [0, 0.05) is 6.54 Å². The van der Waals surface area contributed by atoms with Crippen molar-refractivity contribution in [3.63, 3.8) is 0 Å². The van der Waals surface area contributed by atoms with Gasteiger partial charge in [0.15, 0.2) is 6.54 Å². The Hall–Kier alpha value is -1.34. The number of carbonyl (C=O) groups excluding carboxylic acids is 1. The summed E-state index contributed by atoms with van der Waals surface area (Å²) in [5.74, 6) is 0.274. The lowest BCUT2D eigenvalue weighted by atomic mass is 10.2. The molecule has 0 atom stereocenters. The van der Waals surface area contributed by atoms with Crippen LogP contribution in [0.15, 0.2) is 0 Å². The molecule has 1 aliphatic rings. The van der Waals surface area contributed by atoms with Crippen molar-refractivity contribution in [2.45, 2.75) is 0 Å². The minimum atomic E-state index is 0.0899. The summed E-state index contributed by atoms with van der Waals surface area (Å²) in [6.07, 6.45) is 0. The van der Waals surface area contributed by atoms with E-state index in [2.05, 4.69) is 31.5 Å². The van der Waals surface area contributed by atoms with Crippen molar-refractivity contribution in [2.24, 2.45) is 11.5 Å². The number of hydrogen-bond donors (Lipinski definition) is 4. The van der Waals surface area contributed by atoms with Crippen molar-refractivity contribution in [1.82, 2.24) is 5.32 Å². The lowest BCUT2D eigenvalue weighted by Gasteiger charge is -2.44. The number of nitrogens with zero attached hydrogens (tertiary/aromatic N) is 2. The van der Waals surface area contributed by atoms with Crippen LogP contribution in [0.1, 0.15) is 0 Å². The molecule has 0 unspecified atom stereocenters. The molecule has 110 valence electrons. The normalized spacial score (nSPS) is 20.6. The third-order valence-corrected chi connectivity index (χ3v) is 3.79. The van der Waals surface area contributed by atoms with Gasteiger partial charge in [0.25, 0.3) is 5.91 Å². The van der Waals surface area contributed by atoms with Crippen LogP contribution in [-0.4, -0.2) is 87.8 Å². The fourth-order valence-electron chi connectivity index (χ4n) is 2.22. The Labute approximate surface area is 115 Å². The van der Waals surface area contributed by atoms with E-state index in [0.717, 1.165) is 35.1 Å². The second kappa shape index (κ2) is 6.21. The van der Waals surface area contributed by atoms with Crippen molar-refractivity contribution >= 4 is 11.9 Å². The van der Waals surface area contributed by atoms with Gasteiger partial charge < -0.3 is 14.3 Å². The van der Waals surface area contributed by atoms with Gasteiger partial charge in [-0.25, -0.2) is 0 Å². The van der Waals surface area contributed by atoms with Crippen molar-refractivity contribution in [3.05, 3.63) is 0 Å². The van der Waals surface area contributed by atoms with Gasteiger partial charge in [0.05, 0.1) is 27.7 Å². The van der Waals surface area contributed by atoms with Gasteiger partial charge in [-0.05, 0) is 0 Å². The number of nitrogens with one attached hydrogen (secondary N) is 2. The standard InChI is InChI=1S/C12H27N6O/c1-17(2)6-8-18(3,9-7-17)10-11(19)15-4-5-16-12(13)14/h4-10H2,1-3H3,(H4-,13,14,15,16,19)/q+1/p+2. The van der Waals surface area contributed by atoms with E-state index in [1.807, 2.05) is 0 Å². The predicted molar refractivity (Wildman–Crippen MR) is 74.8 cm³/mol. The smallest absolute Gasteiger partial charge is 0.338 e. The Morgan fingerprint density at radius 2 is 1.74 bits per heavy atom. The Kier molecular flexibility index (Phi) is 5.13. The molecular weight excluding hydrogens is 244 g/mol. The van der Waals surface area contributed by atoms with Crippen LogP contribution in [0.3, 0.4) is 0 Å². The van der Waals surface area contributed by atoms with Gasteiger partial charge in [-0.1, -0.05) is 0 Å². The Morgan fingerprint density at radius 3 is 2.26 bits per heavy atom. The molecule has 0 radical (unpaired) electrons. The molecule has 6 N–H and O–H groups in total. The maximum atomic E-state index is 11.9. The number of rotatable bonds is 5. The van der Waals surface area contributed by atoms with E-state index in [-0.39, 0.29) is 11.9 Å². The van der Waals surface area contributed by atoms with Crippen LogP contribution < -0.4 is 21.8 Å². The van der Waals surface area contributed by atoms with E-state index in [1.165, 1.54) is 0 Å². The molecule has 0 spiro atoms. The number of carbonyl (C=O) groups is 1. The van der Waals surface area contributed by atoms with Crippen LogP contribution in [0.2, 0.25) is 0 Å². The molecule has 7 heteroatoms. The lowest BCUT2D eigenvalue weighted by Crippen LogP contribution is -2.79. The highest BCUT2D eigenvalue weighted by Gasteiger charge is 2.35. The maximum Gasteiger partial charge on any atom is 0.338 e. The van der Waals surface area contributed by atoms with E-state index >= 15 is 0 Å². The van der Waals surface area contributed by atoms with Crippen molar-refractivity contribution < 1.29 is 18.8 Å². The molecule has 0 aromatic carbocycles. The summed E-state index contributed by atoms with van der Waals surface area (Å²) in [5, 5.41) is 2.88. The molecule has 0 saturated carbocycles. The van der Waals surface area contributed by atoms with Crippen LogP contribution in [0.5, 0.6) is 0 Å². The van der Waals surface area contributed by atoms with Gasteiger partial charge in [-0.2, -0.15) is 0 Å². The monoisotopic (exact) mass is 273 g/mol. The van der Waals surface area contributed by atoms with E-state index in [4.69, 9.17) is 11.5 Å². The zero-order chi connectivity index (χ0) is 14.5. The summed E-state index contributed by atoms with van der Waals surface area (Å²) in [7, 11) is 6.63. The van der Waals surface area contributed by atoms with Gasteiger partial charge in [0.1, 0.15) is 26.2 Å². The molecule has 0 aromatic heterocycles. The van der Waals surface area contributed by atoms with Gasteiger partial charge >= 0.3 is 5.96 Å². The maximum absolute atomic E-state index is 11.9. The third kappa shape index (κ3) is 5.89. The number of hydrogen-bond acceptors (Lipinski definition) is 1. The van der Waals surface area contributed by atoms with E-state index in [1.54, 1.807) is 0 Å². The molecule has 0 bridgehead atoms. The minimum absolute atomic E-state index is 0.0899. The topological polar surface area (TPSA) is 95.1 Å². The number of amides is 1. The van der Waals surface area contributed by atoms with Crippen molar-refractivity contribution in [2.75, 3.05) is 67.0 Å². The number of nitrogens with two attached hydrogens (primary N) is 2. The second-order valence-corrected chi connectivity index (χ2v) is 6.34. The Bertz CT molecular complexity index is 338. The quantitative estimate of drug-likeness (QED) is 0.178. The molecule has 7 nitrogen and oxygen atoms in total. The first-order valence-corrected chi connectivity index (χ1v) is 6.76. The molecule has 1 saturated heterocycles. The molecule has 1 rings (SSSR count). The summed E-state index contributed by atoms with van der Waals surface area (Å²) >= 11 is 0. The highest BCUT2D eigenvalue weighted by Crippen LogP contribution is 2.12. The first-order chi connectivity index (χ1) is 8.72. The molecule has 1 aliphatic heterocycles. The van der Waals surface area contributed by atoms with Gasteiger partial charge in [-0.15, -0.1) is 0 Å². The number of quaternary nitrogens is 2. The highest BCUT2D eigenvalue weighted by atomic mass is 16.2. The van der Waals surface area contributed by atoms with Crippen LogP contribution >= 0.6 is 0 Å². The zero-order valence-electron chi connectivity index (χ0n) is 12.4. The van der Waals surface area contributed by atoms with Crippen LogP contribution in [-0.2, 0) is 4.79 Å². The van der Waals surface area contributed by atoms with Gasteiger partial charge in [-0.3, -0.25) is 21.3 Å². The average Bonchev–Trinajstić information content (AvgIpc) is 2.29. The molecule has 1 heterocycles. The molecule has 1 fully saturated rings. The molecular formula is C12H29N6O+3. The summed E-state index contributed by atoms with van der Waals surface area (Å²) in [6.45, 7) is 5.96. The van der Waals surface area contributed by atoms with Crippen LogP contribution in [0.4, 0.5) is 0 Å². The molecule has 0 aliphatic carbocycles. The van der Waals surface area contributed by atoms with E-state index in [0.29, 0.717) is 19.6 Å². The first-order valence-electron chi connectivity index (χ1n) is 6.76. The lowest BCUT2D eigenvalue weighted by molar-refractivity contribution is -1.00. The van der Waals surface area contributed by atoms with Crippen molar-refractivity contribution in [1.29, 1.82) is 0 Å². The number of piperazine rings is 1. The Balaban J connectivity index is 2.30.